The van der Waals surface area contributed by atoms with Gasteiger partial charge in [-0.25, -0.2) is 14.6 Å². The second-order valence-electron chi connectivity index (χ2n) is 19.3. The molecule has 0 atom stereocenters. The molecule has 8 rings (SSSR count). The lowest BCUT2D eigenvalue weighted by Gasteiger charge is -2.18. The number of ether oxygens (including phenoxy) is 1. The maximum atomic E-state index is 13.3. The number of Topliss-reactive ketones (excluding diaryl/α,β-unsaturated/α-hetero) is 4. The van der Waals surface area contributed by atoms with Gasteiger partial charge in [-0.3, -0.25) is 43.3 Å². The number of anilines is 2. The summed E-state index contributed by atoms with van der Waals surface area (Å²) in [6.07, 6.45) is 6.34. The minimum Gasteiger partial charge on any atom is -0.475 e. The molecule has 0 aliphatic carbocycles. The number of methoxy groups -OCH3 is 1. The Balaban J connectivity index is 0.000000231. The van der Waals surface area contributed by atoms with E-state index in [0.29, 0.717) is 27.6 Å². The van der Waals surface area contributed by atoms with E-state index in [1.54, 1.807) is 59.1 Å². The number of carboxylic acid groups (broad SMARTS) is 1. The number of hydrogen-bond acceptors (Lipinski definition) is 21. The highest BCUT2D eigenvalue weighted by molar-refractivity contribution is 7.16. The normalized spacial score (nSPS) is 11.3. The molecule has 0 fully saturated rings. The van der Waals surface area contributed by atoms with E-state index >= 15 is 0 Å². The number of hydrogen-bond donors (Lipinski definition) is 3. The number of pyridine rings is 2. The monoisotopic (exact) mass is 1180 g/mol. The molecular formula is C52H47Cl2N11O12S3. The van der Waals surface area contributed by atoms with Crippen LogP contribution in [0.3, 0.4) is 0 Å². The van der Waals surface area contributed by atoms with Crippen molar-refractivity contribution in [3.63, 3.8) is 0 Å². The van der Waals surface area contributed by atoms with Crippen LogP contribution in [0.1, 0.15) is 103 Å². The van der Waals surface area contributed by atoms with Crippen LogP contribution in [0.15, 0.2) is 101 Å². The predicted octanol–water partition coefficient (Wildman–Crippen LogP) is 8.09. The smallest absolute Gasteiger partial charge is 0.379 e. The fourth-order valence-electron chi connectivity index (χ4n) is 7.27. The number of thiophene rings is 2. The van der Waals surface area contributed by atoms with E-state index in [-0.39, 0.29) is 57.1 Å². The molecule has 28 heteroatoms. The zero-order chi connectivity index (χ0) is 58.4. The van der Waals surface area contributed by atoms with Crippen LogP contribution in [0.2, 0.25) is 8.67 Å². The van der Waals surface area contributed by atoms with Gasteiger partial charge in [-0.05, 0) is 47.9 Å². The first kappa shape index (κ1) is 59.2. The lowest BCUT2D eigenvalue weighted by Crippen LogP contribution is -2.32. The van der Waals surface area contributed by atoms with E-state index < -0.39 is 75.7 Å². The maximum absolute atomic E-state index is 13.3. The van der Waals surface area contributed by atoms with E-state index in [1.807, 2.05) is 12.1 Å². The van der Waals surface area contributed by atoms with Gasteiger partial charge < -0.3 is 29.6 Å². The van der Waals surface area contributed by atoms with Gasteiger partial charge in [-0.2, -0.15) is 23.9 Å². The number of esters is 1. The molecule has 414 valence electrons. The molecule has 0 radical (unpaired) electrons. The standard InChI is InChI=1S/C27H25ClN6O6S.C25H22ClN5O6S2/c1-27(2,3)26(39)34-22(31-11-15-5-6-21(28)41-15)10-18(32-34)16-9-23(36)33(13-17(16)24(37)25(38)40-4)14-20(35)19-12-29-7-8-30-19;1-25(2,3)24(37)31-19(27-11-13-4-5-18(26)39-13)10-16(28-31)14-6-8-30(12-17(32)15-7-9-38-29-15)22(34)20(14)21(33)23(35)36/h5-10,12-13,31H,11,14H2,1-4H3;4-10,27H,11-12H2,1-3H3,(H,35,36). The first-order valence-corrected chi connectivity index (χ1v) is 26.9. The van der Waals surface area contributed by atoms with Gasteiger partial charge in [0.1, 0.15) is 28.6 Å². The molecule has 8 aromatic rings. The van der Waals surface area contributed by atoms with Crippen LogP contribution in [-0.2, 0) is 40.5 Å². The Morgan fingerprint density at radius 1 is 0.688 bits per heavy atom. The second kappa shape index (κ2) is 24.7. The molecule has 3 N–H and O–H groups in total. The highest BCUT2D eigenvalue weighted by atomic mass is 35.5. The third kappa shape index (κ3) is 13.9. The molecule has 8 aromatic heterocycles. The number of nitrogens with zero attached hydrogens (tertiary/aromatic N) is 9. The average molecular weight is 1190 g/mol. The molecule has 0 unspecified atom stereocenters. The third-order valence-electron chi connectivity index (χ3n) is 11.3. The van der Waals surface area contributed by atoms with Gasteiger partial charge in [0.2, 0.25) is 11.6 Å². The number of carbonyl (C=O) groups excluding carboxylic acids is 7. The van der Waals surface area contributed by atoms with Gasteiger partial charge in [-0.1, -0.05) is 64.7 Å². The lowest BCUT2D eigenvalue weighted by atomic mass is 9.96. The van der Waals surface area contributed by atoms with Crippen molar-refractivity contribution >= 4 is 116 Å². The number of aromatic nitrogens is 9. The van der Waals surface area contributed by atoms with Crippen LogP contribution in [0, 0.1) is 10.8 Å². The summed E-state index contributed by atoms with van der Waals surface area (Å²) >= 11 is 15.8. The van der Waals surface area contributed by atoms with Crippen molar-refractivity contribution in [2.45, 2.75) is 67.7 Å². The van der Waals surface area contributed by atoms with Crippen LogP contribution in [0.5, 0.6) is 0 Å². The Labute approximate surface area is 476 Å². The number of ketones is 4. The fourth-order valence-corrected chi connectivity index (χ4v) is 9.85. The molecule has 0 spiro atoms. The molecule has 0 bridgehead atoms. The second-order valence-corrected chi connectivity index (χ2v) is 23.5. The molecule has 0 aromatic carbocycles. The summed E-state index contributed by atoms with van der Waals surface area (Å²) in [6, 6.07) is 14.0. The van der Waals surface area contributed by atoms with Crippen LogP contribution < -0.4 is 21.8 Å². The van der Waals surface area contributed by atoms with Crippen molar-refractivity contribution in [2.75, 3.05) is 17.7 Å². The van der Waals surface area contributed by atoms with Crippen LogP contribution in [0.25, 0.3) is 22.5 Å². The SMILES string of the molecule is CC(C)(C)C(=O)n1nc(-c2ccn(CC(=O)c3ccsn3)c(=O)c2C(=O)C(=O)O)cc1NCc1ccc(Cl)s1.COC(=O)C(=O)c1cn(CC(=O)c2cnccn2)c(=O)cc1-c1cc(NCc2ccc(Cl)s2)n(C(=O)C(C)(C)C)n1. The molecule has 8 heterocycles. The fraction of sp³-hybridized carbons (Fsp3) is 0.250. The topological polar surface area (TPSA) is 308 Å². The van der Waals surface area contributed by atoms with E-state index in [9.17, 15) is 53.1 Å². The van der Waals surface area contributed by atoms with Gasteiger partial charge in [0.05, 0.1) is 65.1 Å². The summed E-state index contributed by atoms with van der Waals surface area (Å²) in [4.78, 5) is 137. The van der Waals surface area contributed by atoms with Gasteiger partial charge in [0.15, 0.2) is 0 Å². The van der Waals surface area contributed by atoms with Crippen molar-refractivity contribution in [2.24, 2.45) is 10.8 Å². The summed E-state index contributed by atoms with van der Waals surface area (Å²) in [6.45, 7) is 10.0. The minimum absolute atomic E-state index is 0.0173. The molecule has 0 saturated heterocycles. The molecule has 0 amide bonds. The van der Waals surface area contributed by atoms with Crippen molar-refractivity contribution in [3.8, 4) is 22.5 Å². The summed E-state index contributed by atoms with van der Waals surface area (Å²) < 4.78 is 14.0. The van der Waals surface area contributed by atoms with E-state index in [1.165, 1.54) is 71.7 Å². The first-order valence-electron chi connectivity index (χ1n) is 23.6. The van der Waals surface area contributed by atoms with Crippen LogP contribution in [-0.4, -0.2) is 102 Å². The number of nitrogens with one attached hydrogen (secondary N) is 2. The van der Waals surface area contributed by atoms with E-state index in [0.717, 1.165) is 59.2 Å². The molecule has 80 heavy (non-hydrogen) atoms. The number of carboxylic acids is 1. The average Bonchev–Trinajstić information content (AvgIpc) is 4.42. The van der Waals surface area contributed by atoms with Crippen molar-refractivity contribution < 1.29 is 48.2 Å². The summed E-state index contributed by atoms with van der Waals surface area (Å²) in [5, 5.41) is 26.1. The van der Waals surface area contributed by atoms with Gasteiger partial charge in [0.25, 0.3) is 34.5 Å². The Hall–Kier alpha value is -8.43. The summed E-state index contributed by atoms with van der Waals surface area (Å²) in [5.41, 5.74) is -4.08. The molecule has 0 aliphatic heterocycles. The lowest BCUT2D eigenvalue weighted by molar-refractivity contribution is -0.135. The minimum atomic E-state index is -1.85. The van der Waals surface area contributed by atoms with E-state index in [4.69, 9.17) is 23.2 Å². The number of carbonyl (C=O) groups is 8. The largest absolute Gasteiger partial charge is 0.475 e. The third-order valence-corrected chi connectivity index (χ3v) is 14.3. The number of aliphatic carboxylic acids is 1. The Morgan fingerprint density at radius 2 is 1.24 bits per heavy atom. The van der Waals surface area contributed by atoms with Crippen LogP contribution in [0.4, 0.5) is 11.6 Å². The van der Waals surface area contributed by atoms with E-state index in [2.05, 4.69) is 39.9 Å². The highest BCUT2D eigenvalue weighted by Crippen LogP contribution is 2.31. The van der Waals surface area contributed by atoms with Crippen molar-refractivity contribution in [1.82, 2.24) is 43.0 Å². The molecule has 0 saturated carbocycles. The Bertz CT molecular complexity index is 3840. The Morgan fingerprint density at radius 3 is 1.71 bits per heavy atom. The number of rotatable bonds is 18. The summed E-state index contributed by atoms with van der Waals surface area (Å²) in [7, 11) is 1.04. The molecule has 0 aliphatic rings. The van der Waals surface area contributed by atoms with Gasteiger partial charge in [0, 0.05) is 80.1 Å². The van der Waals surface area contributed by atoms with Crippen molar-refractivity contribution in [3.05, 3.63) is 153 Å². The number of halogens is 2. The quantitative estimate of drug-likeness (QED) is 0.0415. The predicted molar refractivity (Wildman–Crippen MR) is 298 cm³/mol. The molecular weight excluding hydrogens is 1140 g/mol. The zero-order valence-electron chi connectivity index (χ0n) is 43.4. The summed E-state index contributed by atoms with van der Waals surface area (Å²) in [5.74, 6) is -6.77. The molecule has 23 nitrogen and oxygen atoms in total. The Kier molecular flexibility index (Phi) is 18.3. The highest BCUT2D eigenvalue weighted by Gasteiger charge is 2.32. The van der Waals surface area contributed by atoms with Crippen molar-refractivity contribution in [1.29, 1.82) is 0 Å². The zero-order valence-corrected chi connectivity index (χ0v) is 47.4. The first-order chi connectivity index (χ1) is 37.7. The van der Waals surface area contributed by atoms with Gasteiger partial charge in [-0.15, -0.1) is 22.7 Å². The maximum Gasteiger partial charge on any atom is 0.379 e. The van der Waals surface area contributed by atoms with Crippen LogP contribution >= 0.6 is 57.4 Å². The van der Waals surface area contributed by atoms with Gasteiger partial charge >= 0.3 is 11.9 Å².